The number of H-pyrrole nitrogens is 1. The fourth-order valence-electron chi connectivity index (χ4n) is 3.30. The molecule has 0 bridgehead atoms. The average molecular weight is 286 g/mol. The van der Waals surface area contributed by atoms with Gasteiger partial charge in [0.15, 0.2) is 0 Å². The number of aryl methyl sites for hydroxylation is 2. The summed E-state index contributed by atoms with van der Waals surface area (Å²) in [7, 11) is 0. The highest BCUT2D eigenvalue weighted by atomic mass is 16.3. The molecule has 112 valence electrons. The second-order valence-electron chi connectivity index (χ2n) is 6.15. The molecule has 1 aliphatic rings. The van der Waals surface area contributed by atoms with Gasteiger partial charge >= 0.3 is 0 Å². The summed E-state index contributed by atoms with van der Waals surface area (Å²) in [5, 5.41) is 10.6. The standard InChI is InChI=1S/C17H22N2O2/c1-10-6-7-19(16(10)9-20)17(21)13-4-5-15-14(8-13)11(2)12(3)18-15/h4-5,8,10,16,18,20H,6-7,9H2,1-3H3. The van der Waals surface area contributed by atoms with Crippen LogP contribution < -0.4 is 0 Å². The van der Waals surface area contributed by atoms with E-state index in [-0.39, 0.29) is 18.6 Å². The van der Waals surface area contributed by atoms with Gasteiger partial charge in [-0.25, -0.2) is 0 Å². The molecule has 1 aromatic heterocycles. The van der Waals surface area contributed by atoms with Gasteiger partial charge in [-0.05, 0) is 49.9 Å². The van der Waals surface area contributed by atoms with Crippen molar-refractivity contribution in [2.75, 3.05) is 13.2 Å². The molecule has 1 aromatic carbocycles. The number of carbonyl (C=O) groups is 1. The number of fused-ring (bicyclic) bond motifs is 1. The van der Waals surface area contributed by atoms with Crippen molar-refractivity contribution in [3.8, 4) is 0 Å². The average Bonchev–Trinajstić information content (AvgIpc) is 2.99. The van der Waals surface area contributed by atoms with E-state index in [0.717, 1.165) is 29.6 Å². The van der Waals surface area contributed by atoms with Crippen molar-refractivity contribution in [3.63, 3.8) is 0 Å². The molecule has 21 heavy (non-hydrogen) atoms. The lowest BCUT2D eigenvalue weighted by Crippen LogP contribution is -2.39. The molecule has 4 heteroatoms. The number of nitrogens with zero attached hydrogens (tertiary/aromatic N) is 1. The number of benzene rings is 1. The van der Waals surface area contributed by atoms with Crippen molar-refractivity contribution in [1.29, 1.82) is 0 Å². The highest BCUT2D eigenvalue weighted by molar-refractivity contribution is 5.99. The molecule has 3 rings (SSSR count). The van der Waals surface area contributed by atoms with E-state index in [9.17, 15) is 9.90 Å². The zero-order valence-corrected chi connectivity index (χ0v) is 12.8. The molecule has 0 saturated carbocycles. The molecular weight excluding hydrogens is 264 g/mol. The minimum atomic E-state index is -0.0535. The predicted molar refractivity (Wildman–Crippen MR) is 83.5 cm³/mol. The minimum Gasteiger partial charge on any atom is -0.394 e. The topological polar surface area (TPSA) is 56.3 Å². The zero-order valence-electron chi connectivity index (χ0n) is 12.8. The van der Waals surface area contributed by atoms with Crippen LogP contribution in [0.2, 0.25) is 0 Å². The number of carbonyl (C=O) groups excluding carboxylic acids is 1. The van der Waals surface area contributed by atoms with Crippen molar-refractivity contribution < 1.29 is 9.90 Å². The summed E-state index contributed by atoms with van der Waals surface area (Å²) in [5.74, 6) is 0.387. The van der Waals surface area contributed by atoms with Crippen LogP contribution in [0.4, 0.5) is 0 Å². The van der Waals surface area contributed by atoms with Crippen molar-refractivity contribution in [3.05, 3.63) is 35.0 Å². The molecule has 0 aliphatic carbocycles. The van der Waals surface area contributed by atoms with Crippen LogP contribution in [0.3, 0.4) is 0 Å². The van der Waals surface area contributed by atoms with Crippen molar-refractivity contribution >= 4 is 16.8 Å². The molecule has 1 aliphatic heterocycles. The number of nitrogens with one attached hydrogen (secondary N) is 1. The maximum atomic E-state index is 12.7. The maximum Gasteiger partial charge on any atom is 0.254 e. The van der Waals surface area contributed by atoms with E-state index < -0.39 is 0 Å². The van der Waals surface area contributed by atoms with E-state index in [1.807, 2.05) is 30.0 Å². The Balaban J connectivity index is 1.96. The maximum absolute atomic E-state index is 12.7. The van der Waals surface area contributed by atoms with Gasteiger partial charge in [0.2, 0.25) is 0 Å². The molecule has 1 amide bonds. The van der Waals surface area contributed by atoms with Gasteiger partial charge in [-0.3, -0.25) is 4.79 Å². The lowest BCUT2D eigenvalue weighted by Gasteiger charge is -2.25. The summed E-state index contributed by atoms with van der Waals surface area (Å²) >= 11 is 0. The van der Waals surface area contributed by atoms with E-state index in [4.69, 9.17) is 0 Å². The lowest BCUT2D eigenvalue weighted by atomic mass is 10.0. The number of hydrogen-bond donors (Lipinski definition) is 2. The number of aromatic amines is 1. The highest BCUT2D eigenvalue weighted by Crippen LogP contribution is 2.27. The molecule has 2 N–H and O–H groups in total. The van der Waals surface area contributed by atoms with Crippen molar-refractivity contribution in [2.45, 2.75) is 33.2 Å². The van der Waals surface area contributed by atoms with Crippen LogP contribution in [0.15, 0.2) is 18.2 Å². The molecule has 1 fully saturated rings. The summed E-state index contributed by atoms with van der Waals surface area (Å²) in [6.07, 6.45) is 0.960. The number of rotatable bonds is 2. The first kappa shape index (κ1) is 14.1. The Morgan fingerprint density at radius 2 is 2.19 bits per heavy atom. The van der Waals surface area contributed by atoms with Gasteiger partial charge in [0, 0.05) is 28.7 Å². The van der Waals surface area contributed by atoms with Crippen LogP contribution in [0.25, 0.3) is 10.9 Å². The molecular formula is C17H22N2O2. The van der Waals surface area contributed by atoms with E-state index in [0.29, 0.717) is 11.5 Å². The van der Waals surface area contributed by atoms with Crippen molar-refractivity contribution in [2.24, 2.45) is 5.92 Å². The normalized spacial score (nSPS) is 22.2. The molecule has 0 radical (unpaired) electrons. The number of aromatic nitrogens is 1. The Bertz CT molecular complexity index is 689. The number of likely N-dealkylation sites (tertiary alicyclic amines) is 1. The number of aliphatic hydroxyl groups is 1. The first-order valence-corrected chi connectivity index (χ1v) is 7.53. The van der Waals surface area contributed by atoms with Gasteiger partial charge < -0.3 is 15.0 Å². The quantitative estimate of drug-likeness (QED) is 0.891. The molecule has 2 aromatic rings. The van der Waals surface area contributed by atoms with Crippen LogP contribution in [0, 0.1) is 19.8 Å². The number of aliphatic hydroxyl groups excluding tert-OH is 1. The molecule has 2 atom stereocenters. The Hall–Kier alpha value is -1.81. The SMILES string of the molecule is Cc1[nH]c2ccc(C(=O)N3CCC(C)C3CO)cc2c1C. The molecule has 2 heterocycles. The van der Waals surface area contributed by atoms with Gasteiger partial charge in [0.05, 0.1) is 12.6 Å². The first-order valence-electron chi connectivity index (χ1n) is 7.53. The smallest absolute Gasteiger partial charge is 0.254 e. The summed E-state index contributed by atoms with van der Waals surface area (Å²) in [4.78, 5) is 17.9. The monoisotopic (exact) mass is 286 g/mol. The van der Waals surface area contributed by atoms with Crippen LogP contribution in [-0.4, -0.2) is 40.1 Å². The first-order chi connectivity index (χ1) is 10.0. The Morgan fingerprint density at radius 1 is 1.43 bits per heavy atom. The molecule has 4 nitrogen and oxygen atoms in total. The van der Waals surface area contributed by atoms with E-state index in [1.165, 1.54) is 5.56 Å². The van der Waals surface area contributed by atoms with Crippen molar-refractivity contribution in [1.82, 2.24) is 9.88 Å². The van der Waals surface area contributed by atoms with Gasteiger partial charge in [-0.2, -0.15) is 0 Å². The fourth-order valence-corrected chi connectivity index (χ4v) is 3.30. The summed E-state index contributed by atoms with van der Waals surface area (Å²) in [6.45, 7) is 6.97. The third kappa shape index (κ3) is 2.23. The van der Waals surface area contributed by atoms with Gasteiger partial charge in [0.1, 0.15) is 0 Å². The third-order valence-electron chi connectivity index (χ3n) is 4.89. The molecule has 2 unspecified atom stereocenters. The summed E-state index contributed by atoms with van der Waals surface area (Å²) in [6, 6.07) is 5.75. The summed E-state index contributed by atoms with van der Waals surface area (Å²) < 4.78 is 0. The van der Waals surface area contributed by atoms with E-state index in [2.05, 4.69) is 18.8 Å². The third-order valence-corrected chi connectivity index (χ3v) is 4.89. The fraction of sp³-hybridized carbons (Fsp3) is 0.471. The van der Waals surface area contributed by atoms with Crippen LogP contribution in [-0.2, 0) is 0 Å². The van der Waals surface area contributed by atoms with Crippen LogP contribution >= 0.6 is 0 Å². The predicted octanol–water partition coefficient (Wildman–Crippen LogP) is 2.63. The highest BCUT2D eigenvalue weighted by Gasteiger charge is 2.34. The number of amides is 1. The zero-order chi connectivity index (χ0) is 15.1. The summed E-state index contributed by atoms with van der Waals surface area (Å²) in [5.41, 5.74) is 4.10. The minimum absolute atomic E-state index is 0.0264. The van der Waals surface area contributed by atoms with Gasteiger partial charge in [-0.15, -0.1) is 0 Å². The second-order valence-corrected chi connectivity index (χ2v) is 6.15. The Kier molecular flexibility index (Phi) is 3.49. The largest absolute Gasteiger partial charge is 0.394 e. The van der Waals surface area contributed by atoms with Crippen LogP contribution in [0.1, 0.15) is 35.0 Å². The number of hydrogen-bond acceptors (Lipinski definition) is 2. The van der Waals surface area contributed by atoms with E-state index >= 15 is 0 Å². The van der Waals surface area contributed by atoms with Crippen LogP contribution in [0.5, 0.6) is 0 Å². The van der Waals surface area contributed by atoms with Gasteiger partial charge in [0.25, 0.3) is 5.91 Å². The van der Waals surface area contributed by atoms with E-state index in [1.54, 1.807) is 0 Å². The molecule has 1 saturated heterocycles. The van der Waals surface area contributed by atoms with Gasteiger partial charge in [-0.1, -0.05) is 6.92 Å². The molecule has 0 spiro atoms. The Morgan fingerprint density at radius 3 is 2.90 bits per heavy atom. The lowest BCUT2D eigenvalue weighted by molar-refractivity contribution is 0.0648. The Labute approximate surface area is 124 Å². The second kappa shape index (κ2) is 5.19.